The molecular formula is C18H15BrNO. The lowest BCUT2D eigenvalue weighted by molar-refractivity contribution is -0.112. The molecule has 0 aromatic heterocycles. The van der Waals surface area contributed by atoms with Crippen molar-refractivity contribution < 1.29 is 4.79 Å². The smallest absolute Gasteiger partial charge is 0.259 e. The number of amides is 1. The zero-order valence-corrected chi connectivity index (χ0v) is 13.4. The number of benzene rings is 2. The molecule has 2 aromatic rings. The van der Waals surface area contributed by atoms with E-state index in [9.17, 15) is 4.79 Å². The van der Waals surface area contributed by atoms with Crippen LogP contribution in [0.5, 0.6) is 0 Å². The Morgan fingerprint density at radius 3 is 2.43 bits per heavy atom. The molecule has 2 aromatic carbocycles. The van der Waals surface area contributed by atoms with Crippen LogP contribution in [0.2, 0.25) is 0 Å². The zero-order chi connectivity index (χ0) is 15.0. The molecule has 0 saturated heterocycles. The highest BCUT2D eigenvalue weighted by molar-refractivity contribution is 9.10. The van der Waals surface area contributed by atoms with Gasteiger partial charge in [-0.2, -0.15) is 0 Å². The van der Waals surface area contributed by atoms with Gasteiger partial charge in [-0.1, -0.05) is 46.3 Å². The first-order chi connectivity index (χ1) is 10.1. The number of anilines is 1. The van der Waals surface area contributed by atoms with Gasteiger partial charge in [0.25, 0.3) is 5.91 Å². The maximum absolute atomic E-state index is 12.8. The fourth-order valence-electron chi connectivity index (χ4n) is 2.66. The van der Waals surface area contributed by atoms with Gasteiger partial charge in [0.15, 0.2) is 0 Å². The number of hydrogen-bond donors (Lipinski definition) is 0. The lowest BCUT2D eigenvalue weighted by atomic mass is 10.0. The van der Waals surface area contributed by atoms with Crippen LogP contribution in [-0.4, -0.2) is 12.5 Å². The van der Waals surface area contributed by atoms with Crippen LogP contribution in [-0.2, 0) is 4.79 Å². The van der Waals surface area contributed by atoms with Crippen LogP contribution in [0.25, 0.3) is 5.57 Å². The summed E-state index contributed by atoms with van der Waals surface area (Å²) in [4.78, 5) is 14.6. The number of hydrogen-bond acceptors (Lipinski definition) is 1. The Morgan fingerprint density at radius 2 is 1.76 bits per heavy atom. The highest BCUT2D eigenvalue weighted by Crippen LogP contribution is 2.33. The highest BCUT2D eigenvalue weighted by atomic mass is 79.9. The van der Waals surface area contributed by atoms with Crippen molar-refractivity contribution in [3.05, 3.63) is 76.6 Å². The van der Waals surface area contributed by atoms with Gasteiger partial charge in [-0.25, -0.2) is 0 Å². The second-order valence-corrected chi connectivity index (χ2v) is 6.10. The Hall–Kier alpha value is -1.87. The van der Waals surface area contributed by atoms with E-state index in [0.717, 1.165) is 32.4 Å². The van der Waals surface area contributed by atoms with Gasteiger partial charge in [0.05, 0.1) is 0 Å². The van der Waals surface area contributed by atoms with Crippen LogP contribution in [0, 0.1) is 6.92 Å². The molecule has 0 saturated carbocycles. The monoisotopic (exact) mass is 340 g/mol. The quantitative estimate of drug-likeness (QED) is 0.790. The molecule has 105 valence electrons. The molecule has 1 aliphatic heterocycles. The Labute approximate surface area is 133 Å². The van der Waals surface area contributed by atoms with E-state index in [2.05, 4.69) is 22.9 Å². The summed E-state index contributed by atoms with van der Waals surface area (Å²) in [6, 6.07) is 15.6. The van der Waals surface area contributed by atoms with Gasteiger partial charge < -0.3 is 4.90 Å². The lowest BCUT2D eigenvalue weighted by Crippen LogP contribution is -2.27. The summed E-state index contributed by atoms with van der Waals surface area (Å²) in [5, 5.41) is 0. The molecule has 0 unspecified atom stereocenters. The number of carbonyl (C=O) groups is 1. The Morgan fingerprint density at radius 1 is 1.10 bits per heavy atom. The van der Waals surface area contributed by atoms with Crippen LogP contribution in [0.3, 0.4) is 0 Å². The van der Waals surface area contributed by atoms with Gasteiger partial charge in [-0.3, -0.25) is 4.79 Å². The van der Waals surface area contributed by atoms with Crippen LogP contribution in [0.1, 0.15) is 18.1 Å². The fourth-order valence-corrected chi connectivity index (χ4v) is 2.93. The van der Waals surface area contributed by atoms with Gasteiger partial charge in [-0.15, -0.1) is 0 Å². The molecule has 2 nitrogen and oxygen atoms in total. The van der Waals surface area contributed by atoms with E-state index in [1.807, 2.05) is 55.5 Å². The molecule has 0 fully saturated rings. The van der Waals surface area contributed by atoms with Crippen molar-refractivity contribution in [1.29, 1.82) is 0 Å². The first kappa shape index (κ1) is 14.1. The van der Waals surface area contributed by atoms with Gasteiger partial charge in [-0.05, 0) is 48.7 Å². The van der Waals surface area contributed by atoms with Crippen LogP contribution < -0.4 is 4.90 Å². The molecule has 21 heavy (non-hydrogen) atoms. The summed E-state index contributed by atoms with van der Waals surface area (Å²) in [6.45, 7) is 6.65. The van der Waals surface area contributed by atoms with Crippen molar-refractivity contribution in [2.24, 2.45) is 0 Å². The average Bonchev–Trinajstić information content (AvgIpc) is 2.76. The summed E-state index contributed by atoms with van der Waals surface area (Å²) >= 11 is 3.42. The predicted molar refractivity (Wildman–Crippen MR) is 90.0 cm³/mol. The van der Waals surface area contributed by atoms with E-state index < -0.39 is 0 Å². The third-order valence-electron chi connectivity index (χ3n) is 3.70. The standard InChI is InChI=1S/C18H15BrNO/c1-12-5-3-4-6-16(12)20-11-13(2)17(18(20)21)14-7-9-15(19)10-8-14/h3-10H,1,11H2,2H3. The van der Waals surface area contributed by atoms with Crippen molar-refractivity contribution >= 4 is 33.1 Å². The molecule has 0 bridgehead atoms. The first-order valence-corrected chi connectivity index (χ1v) is 7.56. The minimum atomic E-state index is 0.0472. The number of carbonyl (C=O) groups excluding carboxylic acids is 1. The lowest BCUT2D eigenvalue weighted by Gasteiger charge is -2.19. The molecular weight excluding hydrogens is 326 g/mol. The van der Waals surface area contributed by atoms with Crippen molar-refractivity contribution in [1.82, 2.24) is 0 Å². The van der Waals surface area contributed by atoms with E-state index in [0.29, 0.717) is 6.54 Å². The topological polar surface area (TPSA) is 20.3 Å². The molecule has 0 atom stereocenters. The number of para-hydroxylation sites is 1. The number of nitrogens with zero attached hydrogens (tertiary/aromatic N) is 1. The Bertz CT molecular complexity index is 731. The summed E-state index contributed by atoms with van der Waals surface area (Å²) in [5.74, 6) is 0.0472. The Kier molecular flexibility index (Phi) is 3.68. The maximum Gasteiger partial charge on any atom is 0.259 e. The number of rotatable bonds is 2. The molecule has 1 amide bonds. The molecule has 1 heterocycles. The largest absolute Gasteiger partial charge is 0.304 e. The second-order valence-electron chi connectivity index (χ2n) is 5.18. The summed E-state index contributed by atoms with van der Waals surface area (Å²) in [7, 11) is 0. The first-order valence-electron chi connectivity index (χ1n) is 6.76. The predicted octanol–water partition coefficient (Wildman–Crippen LogP) is 4.45. The minimum absolute atomic E-state index is 0.0472. The van der Waals surface area contributed by atoms with Gasteiger partial charge in [0.2, 0.25) is 0 Å². The Balaban J connectivity index is 1.98. The highest BCUT2D eigenvalue weighted by Gasteiger charge is 2.30. The summed E-state index contributed by atoms with van der Waals surface area (Å²) < 4.78 is 1.01. The fraction of sp³-hybridized carbons (Fsp3) is 0.111. The van der Waals surface area contributed by atoms with E-state index in [1.54, 1.807) is 4.90 Å². The molecule has 3 rings (SSSR count). The van der Waals surface area contributed by atoms with Crippen molar-refractivity contribution in [3.8, 4) is 0 Å². The third-order valence-corrected chi connectivity index (χ3v) is 4.23. The SMILES string of the molecule is [CH2]c1ccccc1N1CC(C)=C(c2ccc(Br)cc2)C1=O. The molecule has 1 aliphatic rings. The molecule has 0 spiro atoms. The zero-order valence-electron chi connectivity index (χ0n) is 11.8. The van der Waals surface area contributed by atoms with Crippen molar-refractivity contribution in [3.63, 3.8) is 0 Å². The second kappa shape index (κ2) is 5.49. The summed E-state index contributed by atoms with van der Waals surface area (Å²) in [6.07, 6.45) is 0. The molecule has 3 heteroatoms. The van der Waals surface area contributed by atoms with Crippen LogP contribution >= 0.6 is 15.9 Å². The minimum Gasteiger partial charge on any atom is -0.304 e. The van der Waals surface area contributed by atoms with E-state index in [4.69, 9.17) is 0 Å². The normalized spacial score (nSPS) is 15.0. The molecule has 0 N–H and O–H groups in total. The van der Waals surface area contributed by atoms with Crippen LogP contribution in [0.4, 0.5) is 5.69 Å². The van der Waals surface area contributed by atoms with Crippen molar-refractivity contribution in [2.45, 2.75) is 6.92 Å². The van der Waals surface area contributed by atoms with Gasteiger partial charge in [0, 0.05) is 22.3 Å². The van der Waals surface area contributed by atoms with Gasteiger partial charge >= 0.3 is 0 Å². The van der Waals surface area contributed by atoms with E-state index in [1.165, 1.54) is 0 Å². The molecule has 1 radical (unpaired) electrons. The van der Waals surface area contributed by atoms with E-state index in [-0.39, 0.29) is 5.91 Å². The van der Waals surface area contributed by atoms with Crippen molar-refractivity contribution in [2.75, 3.05) is 11.4 Å². The van der Waals surface area contributed by atoms with E-state index >= 15 is 0 Å². The van der Waals surface area contributed by atoms with Crippen LogP contribution in [0.15, 0.2) is 58.6 Å². The maximum atomic E-state index is 12.8. The third kappa shape index (κ3) is 2.54. The number of halogens is 1. The average molecular weight is 341 g/mol. The summed E-state index contributed by atoms with van der Waals surface area (Å²) in [5.41, 5.74) is 4.60. The van der Waals surface area contributed by atoms with Gasteiger partial charge in [0.1, 0.15) is 0 Å². The molecule has 0 aliphatic carbocycles.